The van der Waals surface area contributed by atoms with Crippen molar-refractivity contribution in [2.45, 2.75) is 13.3 Å². The Balaban J connectivity index is 1.97. The third-order valence-electron chi connectivity index (χ3n) is 4.60. The van der Waals surface area contributed by atoms with Crippen LogP contribution >= 0.6 is 0 Å². The molecule has 0 aliphatic carbocycles. The van der Waals surface area contributed by atoms with Gasteiger partial charge in [0.2, 0.25) is 5.75 Å². The number of phenolic OH excluding ortho intramolecular Hbond substituents is 3. The van der Waals surface area contributed by atoms with Crippen LogP contribution in [0.4, 0.5) is 0 Å². The average Bonchev–Trinajstić information content (AvgIpc) is 2.63. The Labute approximate surface area is 150 Å². The molecule has 3 N–H and O–H groups in total. The average molecular weight is 360 g/mol. The monoisotopic (exact) mass is 360 g/mol. The van der Waals surface area contributed by atoms with Crippen molar-refractivity contribution >= 4 is 5.78 Å². The Hall–Kier alpha value is -3.09. The molecule has 1 aliphatic heterocycles. The van der Waals surface area contributed by atoms with Crippen molar-refractivity contribution in [2.24, 2.45) is 5.92 Å². The van der Waals surface area contributed by atoms with E-state index in [1.54, 1.807) is 12.1 Å². The summed E-state index contributed by atoms with van der Waals surface area (Å²) >= 11 is 0. The number of methoxy groups -OCH3 is 2. The van der Waals surface area contributed by atoms with E-state index in [4.69, 9.17) is 14.2 Å². The zero-order valence-electron chi connectivity index (χ0n) is 14.7. The highest BCUT2D eigenvalue weighted by atomic mass is 16.5. The van der Waals surface area contributed by atoms with Crippen LogP contribution in [-0.4, -0.2) is 41.9 Å². The molecule has 1 atom stereocenters. The molecule has 3 rings (SSSR count). The highest BCUT2D eigenvalue weighted by Gasteiger charge is 2.36. The number of benzene rings is 2. The third-order valence-corrected chi connectivity index (χ3v) is 4.60. The van der Waals surface area contributed by atoms with Gasteiger partial charge >= 0.3 is 0 Å². The number of hydrogen-bond acceptors (Lipinski definition) is 7. The maximum atomic E-state index is 12.9. The number of ether oxygens (including phenoxy) is 3. The van der Waals surface area contributed by atoms with Crippen LogP contribution < -0.4 is 14.2 Å². The molecule has 0 spiro atoms. The van der Waals surface area contributed by atoms with Gasteiger partial charge in [-0.3, -0.25) is 4.79 Å². The van der Waals surface area contributed by atoms with Crippen molar-refractivity contribution in [3.8, 4) is 34.5 Å². The summed E-state index contributed by atoms with van der Waals surface area (Å²) in [7, 11) is 2.85. The lowest BCUT2D eigenvalue weighted by Gasteiger charge is -2.27. The fourth-order valence-electron chi connectivity index (χ4n) is 3.08. The molecule has 7 heteroatoms. The molecule has 138 valence electrons. The lowest BCUT2D eigenvalue weighted by atomic mass is 9.87. The summed E-state index contributed by atoms with van der Waals surface area (Å²) in [4.78, 5) is 12.9. The third kappa shape index (κ3) is 2.75. The van der Waals surface area contributed by atoms with Gasteiger partial charge in [0.1, 0.15) is 22.8 Å². The number of phenols is 3. The molecule has 0 aromatic heterocycles. The molecule has 26 heavy (non-hydrogen) atoms. The van der Waals surface area contributed by atoms with E-state index in [0.29, 0.717) is 11.3 Å². The van der Waals surface area contributed by atoms with Crippen LogP contribution in [0.3, 0.4) is 0 Å². The number of ketones is 1. The Morgan fingerprint density at radius 2 is 1.88 bits per heavy atom. The van der Waals surface area contributed by atoms with Crippen LogP contribution in [0.1, 0.15) is 21.5 Å². The maximum Gasteiger partial charge on any atom is 0.204 e. The highest BCUT2D eigenvalue weighted by Crippen LogP contribution is 2.50. The van der Waals surface area contributed by atoms with E-state index in [9.17, 15) is 20.1 Å². The topological polar surface area (TPSA) is 105 Å². The van der Waals surface area contributed by atoms with Crippen molar-refractivity contribution in [2.75, 3.05) is 20.8 Å². The molecule has 2 aromatic rings. The minimum Gasteiger partial charge on any atom is -0.508 e. The number of carbonyl (C=O) groups is 1. The van der Waals surface area contributed by atoms with Gasteiger partial charge in [0.25, 0.3) is 0 Å². The number of Topliss-reactive ketones (excluding diaryl/α,β-unsaturated/α-hetero) is 1. The van der Waals surface area contributed by atoms with Crippen LogP contribution in [-0.2, 0) is 6.42 Å². The van der Waals surface area contributed by atoms with Crippen LogP contribution in [0.15, 0.2) is 18.2 Å². The molecule has 1 heterocycles. The van der Waals surface area contributed by atoms with E-state index in [-0.39, 0.29) is 58.7 Å². The first-order valence-corrected chi connectivity index (χ1v) is 8.04. The zero-order chi connectivity index (χ0) is 19.0. The van der Waals surface area contributed by atoms with Crippen LogP contribution in [0, 0.1) is 12.8 Å². The fourth-order valence-corrected chi connectivity index (χ4v) is 3.08. The number of rotatable bonds is 4. The molecule has 0 bridgehead atoms. The summed E-state index contributed by atoms with van der Waals surface area (Å²) in [6.07, 6.45) is 0.232. The van der Waals surface area contributed by atoms with Crippen molar-refractivity contribution in [3.63, 3.8) is 0 Å². The predicted octanol–water partition coefficient (Wildman–Crippen LogP) is 2.56. The molecular formula is C19H20O7. The molecule has 0 saturated heterocycles. The molecular weight excluding hydrogens is 340 g/mol. The first-order valence-electron chi connectivity index (χ1n) is 8.04. The maximum absolute atomic E-state index is 12.9. The molecule has 0 amide bonds. The molecule has 7 nitrogen and oxygen atoms in total. The smallest absolute Gasteiger partial charge is 0.204 e. The van der Waals surface area contributed by atoms with Crippen molar-refractivity contribution < 1.29 is 34.3 Å². The summed E-state index contributed by atoms with van der Waals surface area (Å²) < 4.78 is 15.8. The first kappa shape index (κ1) is 17.7. The summed E-state index contributed by atoms with van der Waals surface area (Å²) in [5.41, 5.74) is 0.699. The van der Waals surface area contributed by atoms with E-state index >= 15 is 0 Å². The quantitative estimate of drug-likeness (QED) is 0.769. The second-order valence-electron chi connectivity index (χ2n) is 6.13. The van der Waals surface area contributed by atoms with Gasteiger partial charge in [-0.05, 0) is 25.0 Å². The molecule has 0 radical (unpaired) electrons. The molecule has 0 saturated carbocycles. The Morgan fingerprint density at radius 1 is 1.15 bits per heavy atom. The number of aromatic hydroxyl groups is 3. The molecule has 1 aliphatic rings. The van der Waals surface area contributed by atoms with Gasteiger partial charge in [0.15, 0.2) is 17.3 Å². The lowest BCUT2D eigenvalue weighted by molar-refractivity contribution is 0.0819. The van der Waals surface area contributed by atoms with Gasteiger partial charge in [-0.1, -0.05) is 6.07 Å². The van der Waals surface area contributed by atoms with Gasteiger partial charge in [0.05, 0.1) is 26.7 Å². The summed E-state index contributed by atoms with van der Waals surface area (Å²) in [6.45, 7) is 1.52. The summed E-state index contributed by atoms with van der Waals surface area (Å²) in [6, 6.07) is 4.85. The Morgan fingerprint density at radius 3 is 2.50 bits per heavy atom. The largest absolute Gasteiger partial charge is 0.508 e. The van der Waals surface area contributed by atoms with Gasteiger partial charge in [-0.2, -0.15) is 0 Å². The van der Waals surface area contributed by atoms with Crippen molar-refractivity contribution in [1.29, 1.82) is 0 Å². The van der Waals surface area contributed by atoms with E-state index in [1.807, 2.05) is 0 Å². The van der Waals surface area contributed by atoms with Gasteiger partial charge in [-0.15, -0.1) is 0 Å². The van der Waals surface area contributed by atoms with E-state index in [2.05, 4.69) is 0 Å². The SMILES string of the molecule is COc1ccc(C[C@H]2COc3c(OC)c(O)c(C)c(O)c3C2=O)c(O)c1. The highest BCUT2D eigenvalue weighted by molar-refractivity contribution is 6.05. The van der Waals surface area contributed by atoms with Crippen LogP contribution in [0.2, 0.25) is 0 Å². The van der Waals surface area contributed by atoms with E-state index < -0.39 is 5.92 Å². The molecule has 0 unspecified atom stereocenters. The number of hydrogen-bond donors (Lipinski definition) is 3. The standard InChI is InChI=1S/C19H20O7/c1-9-15(21)14-17(23)11(8-26-18(14)19(25-3)16(9)22)6-10-4-5-12(24-2)7-13(10)20/h4-5,7,11,20-22H,6,8H2,1-3H3/t11-/m0/s1. The lowest BCUT2D eigenvalue weighted by Crippen LogP contribution is -2.30. The Bertz CT molecular complexity index is 873. The van der Waals surface area contributed by atoms with Crippen molar-refractivity contribution in [3.05, 3.63) is 34.9 Å². The molecule has 0 fully saturated rings. The number of carbonyl (C=O) groups excluding carboxylic acids is 1. The van der Waals surface area contributed by atoms with Crippen LogP contribution in [0.25, 0.3) is 0 Å². The minimum atomic E-state index is -0.596. The van der Waals surface area contributed by atoms with Crippen LogP contribution in [0.5, 0.6) is 34.5 Å². The number of fused-ring (bicyclic) bond motifs is 1. The summed E-state index contributed by atoms with van der Waals surface area (Å²) in [5, 5.41) is 30.5. The Kier molecular flexibility index (Phi) is 4.54. The van der Waals surface area contributed by atoms with Gasteiger partial charge in [0, 0.05) is 11.6 Å². The second kappa shape index (κ2) is 6.67. The fraction of sp³-hybridized carbons (Fsp3) is 0.316. The first-order chi connectivity index (χ1) is 12.4. The molecule has 2 aromatic carbocycles. The second-order valence-corrected chi connectivity index (χ2v) is 6.13. The zero-order valence-corrected chi connectivity index (χ0v) is 14.7. The summed E-state index contributed by atoms with van der Waals surface area (Å²) in [5.74, 6) is -0.929. The minimum absolute atomic E-state index is 0.0126. The van der Waals surface area contributed by atoms with E-state index in [1.165, 1.54) is 27.2 Å². The van der Waals surface area contributed by atoms with Crippen molar-refractivity contribution in [1.82, 2.24) is 0 Å². The van der Waals surface area contributed by atoms with Gasteiger partial charge < -0.3 is 29.5 Å². The van der Waals surface area contributed by atoms with E-state index in [0.717, 1.165) is 0 Å². The van der Waals surface area contributed by atoms with Gasteiger partial charge in [-0.25, -0.2) is 0 Å². The normalized spacial score (nSPS) is 16.0. The predicted molar refractivity (Wildman–Crippen MR) is 92.7 cm³/mol.